The molecule has 3 rings (SSSR count). The fraction of sp³-hybridized carbons (Fsp3) is 0.400. The molecule has 100 valence electrons. The Morgan fingerprint density at radius 2 is 2.11 bits per heavy atom. The van der Waals surface area contributed by atoms with E-state index in [0.717, 1.165) is 31.4 Å². The summed E-state index contributed by atoms with van der Waals surface area (Å²) in [6.45, 7) is 2.13. The largest absolute Gasteiger partial charge is 0.364 e. The molecule has 1 aliphatic rings. The number of hydrogen-bond donors (Lipinski definition) is 2. The molecule has 0 aliphatic carbocycles. The quantitative estimate of drug-likeness (QED) is 0.861. The molecule has 1 fully saturated rings. The monoisotopic (exact) mass is 257 g/mol. The lowest BCUT2D eigenvalue weighted by molar-refractivity contribution is 0.0993. The second-order valence-electron chi connectivity index (χ2n) is 5.26. The zero-order valence-electron chi connectivity index (χ0n) is 11.1. The van der Waals surface area contributed by atoms with Gasteiger partial charge in [0.2, 0.25) is 0 Å². The van der Waals surface area contributed by atoms with Crippen molar-refractivity contribution in [1.29, 1.82) is 0 Å². The normalized spacial score (nSPS) is 16.9. The Morgan fingerprint density at radius 1 is 1.37 bits per heavy atom. The van der Waals surface area contributed by atoms with Crippen LogP contribution in [0.2, 0.25) is 0 Å². The van der Waals surface area contributed by atoms with E-state index in [4.69, 9.17) is 5.73 Å². The molecule has 1 aromatic heterocycles. The van der Waals surface area contributed by atoms with Crippen molar-refractivity contribution in [3.05, 3.63) is 35.5 Å². The molecule has 0 unspecified atom stereocenters. The molecule has 4 heteroatoms. The molecule has 2 aromatic rings. The van der Waals surface area contributed by atoms with Crippen LogP contribution in [0.4, 0.5) is 0 Å². The summed E-state index contributed by atoms with van der Waals surface area (Å²) in [5.74, 6) is 0.211. The summed E-state index contributed by atoms with van der Waals surface area (Å²) >= 11 is 0. The number of piperidine rings is 1. The molecule has 4 nitrogen and oxygen atoms in total. The molecule has 0 saturated carbocycles. The highest BCUT2D eigenvalue weighted by atomic mass is 16.1. The third-order valence-corrected chi connectivity index (χ3v) is 4.15. The summed E-state index contributed by atoms with van der Waals surface area (Å²) in [5, 5.41) is 4.56. The first kappa shape index (κ1) is 12.2. The van der Waals surface area contributed by atoms with E-state index in [9.17, 15) is 4.79 Å². The number of aryl methyl sites for hydroxylation is 1. The number of fused-ring (bicyclic) bond motifs is 1. The number of nitrogens with two attached hydrogens (primary N) is 1. The number of carbonyl (C=O) groups is 1. The predicted molar refractivity (Wildman–Crippen MR) is 76.3 cm³/mol. The van der Waals surface area contributed by atoms with Crippen molar-refractivity contribution in [2.75, 3.05) is 13.1 Å². The van der Waals surface area contributed by atoms with Gasteiger partial charge in [0.1, 0.15) is 5.69 Å². The van der Waals surface area contributed by atoms with Crippen LogP contribution in [0.3, 0.4) is 0 Å². The number of benzene rings is 1. The van der Waals surface area contributed by atoms with Crippen LogP contribution in [0.15, 0.2) is 24.3 Å². The van der Waals surface area contributed by atoms with Crippen LogP contribution in [-0.4, -0.2) is 23.6 Å². The Bertz CT molecular complexity index is 624. The van der Waals surface area contributed by atoms with Crippen molar-refractivity contribution >= 4 is 16.8 Å². The minimum atomic E-state index is -0.366. The first-order valence-corrected chi connectivity index (χ1v) is 6.77. The van der Waals surface area contributed by atoms with Crippen molar-refractivity contribution in [2.45, 2.75) is 18.8 Å². The number of primary amides is 1. The Hall–Kier alpha value is -1.81. The van der Waals surface area contributed by atoms with Gasteiger partial charge in [-0.1, -0.05) is 12.1 Å². The van der Waals surface area contributed by atoms with Crippen LogP contribution < -0.4 is 11.1 Å². The Labute approximate surface area is 112 Å². The van der Waals surface area contributed by atoms with E-state index in [1.54, 1.807) is 0 Å². The third-order valence-electron chi connectivity index (χ3n) is 4.15. The first-order chi connectivity index (χ1) is 9.18. The Kier molecular flexibility index (Phi) is 3.03. The maximum Gasteiger partial charge on any atom is 0.265 e. The number of hydrogen-bond acceptors (Lipinski definition) is 2. The lowest BCUT2D eigenvalue weighted by Gasteiger charge is -2.23. The van der Waals surface area contributed by atoms with E-state index in [1.165, 1.54) is 10.9 Å². The Morgan fingerprint density at radius 3 is 2.79 bits per heavy atom. The summed E-state index contributed by atoms with van der Waals surface area (Å²) in [5.41, 5.74) is 8.45. The summed E-state index contributed by atoms with van der Waals surface area (Å²) in [6, 6.07) is 8.24. The molecule has 1 aliphatic heterocycles. The van der Waals surface area contributed by atoms with Crippen LogP contribution in [0.25, 0.3) is 10.9 Å². The number of carbonyl (C=O) groups excluding carboxylic acids is 1. The topological polar surface area (TPSA) is 60.0 Å². The number of amides is 1. The molecule has 1 amide bonds. The van der Waals surface area contributed by atoms with Crippen molar-refractivity contribution in [3.8, 4) is 0 Å². The average Bonchev–Trinajstić information content (AvgIpc) is 2.78. The summed E-state index contributed by atoms with van der Waals surface area (Å²) in [4.78, 5) is 11.5. The van der Waals surface area contributed by atoms with Gasteiger partial charge in [-0.05, 0) is 49.5 Å². The third kappa shape index (κ3) is 2.02. The van der Waals surface area contributed by atoms with Gasteiger partial charge in [-0.15, -0.1) is 0 Å². The van der Waals surface area contributed by atoms with Gasteiger partial charge in [0, 0.05) is 18.0 Å². The maximum atomic E-state index is 11.5. The summed E-state index contributed by atoms with van der Waals surface area (Å²) < 4.78 is 1.89. The molecular formula is C15H19N3O. The van der Waals surface area contributed by atoms with Crippen LogP contribution >= 0.6 is 0 Å². The van der Waals surface area contributed by atoms with Gasteiger partial charge in [0.15, 0.2) is 0 Å². The Balaban J connectivity index is 2.14. The number of nitrogens with one attached hydrogen (secondary N) is 1. The van der Waals surface area contributed by atoms with Gasteiger partial charge in [-0.2, -0.15) is 0 Å². The lowest BCUT2D eigenvalue weighted by atomic mass is 9.88. The van der Waals surface area contributed by atoms with E-state index in [-0.39, 0.29) is 5.91 Å². The van der Waals surface area contributed by atoms with E-state index in [1.807, 2.05) is 23.7 Å². The zero-order valence-corrected chi connectivity index (χ0v) is 11.1. The van der Waals surface area contributed by atoms with E-state index in [0.29, 0.717) is 11.6 Å². The minimum absolute atomic E-state index is 0.366. The SMILES string of the molecule is Cn1c(C(N)=O)cc2c(C3CCNCC3)cccc21. The van der Waals surface area contributed by atoms with Gasteiger partial charge in [0.05, 0.1) is 0 Å². The highest BCUT2D eigenvalue weighted by Gasteiger charge is 2.20. The van der Waals surface area contributed by atoms with Crippen molar-refractivity contribution < 1.29 is 4.79 Å². The molecule has 1 saturated heterocycles. The van der Waals surface area contributed by atoms with Crippen LogP contribution in [0.5, 0.6) is 0 Å². The summed E-state index contributed by atoms with van der Waals surface area (Å²) in [6.07, 6.45) is 2.31. The number of nitrogens with zero attached hydrogens (tertiary/aromatic N) is 1. The molecule has 0 radical (unpaired) electrons. The van der Waals surface area contributed by atoms with Gasteiger partial charge in [0.25, 0.3) is 5.91 Å². The van der Waals surface area contributed by atoms with Gasteiger partial charge in [-0.25, -0.2) is 0 Å². The molecule has 0 bridgehead atoms. The maximum absolute atomic E-state index is 11.5. The number of aromatic nitrogens is 1. The average molecular weight is 257 g/mol. The van der Waals surface area contributed by atoms with E-state index < -0.39 is 0 Å². The van der Waals surface area contributed by atoms with E-state index in [2.05, 4.69) is 17.4 Å². The zero-order chi connectivity index (χ0) is 13.4. The lowest BCUT2D eigenvalue weighted by Crippen LogP contribution is -2.26. The number of rotatable bonds is 2. The first-order valence-electron chi connectivity index (χ1n) is 6.77. The van der Waals surface area contributed by atoms with Gasteiger partial charge < -0.3 is 15.6 Å². The molecule has 0 atom stereocenters. The highest BCUT2D eigenvalue weighted by Crippen LogP contribution is 2.32. The van der Waals surface area contributed by atoms with Crippen molar-refractivity contribution in [2.24, 2.45) is 12.8 Å². The summed E-state index contributed by atoms with van der Waals surface area (Å²) in [7, 11) is 1.90. The molecule has 19 heavy (non-hydrogen) atoms. The van der Waals surface area contributed by atoms with Gasteiger partial charge in [-0.3, -0.25) is 4.79 Å². The fourth-order valence-corrected chi connectivity index (χ4v) is 3.11. The molecular weight excluding hydrogens is 238 g/mol. The van der Waals surface area contributed by atoms with Crippen molar-refractivity contribution in [3.63, 3.8) is 0 Å². The molecule has 0 spiro atoms. The second kappa shape index (κ2) is 4.70. The van der Waals surface area contributed by atoms with Crippen LogP contribution in [0, 0.1) is 0 Å². The van der Waals surface area contributed by atoms with Crippen LogP contribution in [0.1, 0.15) is 34.8 Å². The van der Waals surface area contributed by atoms with Crippen molar-refractivity contribution in [1.82, 2.24) is 9.88 Å². The van der Waals surface area contributed by atoms with Gasteiger partial charge >= 0.3 is 0 Å². The second-order valence-corrected chi connectivity index (χ2v) is 5.26. The standard InChI is InChI=1S/C15H19N3O/c1-18-13-4-2-3-11(10-5-7-17-8-6-10)12(13)9-14(18)15(16)19/h2-4,9-10,17H,5-8H2,1H3,(H2,16,19). The van der Waals surface area contributed by atoms with E-state index >= 15 is 0 Å². The smallest absolute Gasteiger partial charge is 0.265 e. The fourth-order valence-electron chi connectivity index (χ4n) is 3.11. The molecule has 3 N–H and O–H groups in total. The predicted octanol–water partition coefficient (Wildman–Crippen LogP) is 1.74. The highest BCUT2D eigenvalue weighted by molar-refractivity contribution is 5.98. The minimum Gasteiger partial charge on any atom is -0.364 e. The molecule has 2 heterocycles. The molecule has 1 aromatic carbocycles. The van der Waals surface area contributed by atoms with Crippen LogP contribution in [-0.2, 0) is 7.05 Å².